The molecule has 1 aliphatic heterocycles. The topological polar surface area (TPSA) is 86.7 Å². The van der Waals surface area contributed by atoms with E-state index in [1.54, 1.807) is 0 Å². The number of nitrogens with one attached hydrogen (secondary N) is 1. The molecular formula is C17H20F2N2O4. The van der Waals surface area contributed by atoms with Gasteiger partial charge in [-0.2, -0.15) is 0 Å². The number of piperidine rings is 1. The van der Waals surface area contributed by atoms with Crippen molar-refractivity contribution in [2.75, 3.05) is 6.54 Å². The molecule has 2 atom stereocenters. The van der Waals surface area contributed by atoms with E-state index in [1.165, 1.54) is 17.9 Å². The van der Waals surface area contributed by atoms with Gasteiger partial charge in [-0.25, -0.2) is 13.6 Å². The summed E-state index contributed by atoms with van der Waals surface area (Å²) in [4.78, 5) is 36.5. The normalized spacial score (nSPS) is 18.5. The molecule has 25 heavy (non-hydrogen) atoms. The van der Waals surface area contributed by atoms with E-state index in [1.807, 2.05) is 0 Å². The van der Waals surface area contributed by atoms with E-state index in [0.29, 0.717) is 19.3 Å². The van der Waals surface area contributed by atoms with E-state index in [9.17, 15) is 28.3 Å². The summed E-state index contributed by atoms with van der Waals surface area (Å²) in [6.45, 7) is 1.44. The molecule has 1 fully saturated rings. The Morgan fingerprint density at radius 1 is 1.28 bits per heavy atom. The van der Waals surface area contributed by atoms with Gasteiger partial charge in [-0.05, 0) is 31.4 Å². The first-order chi connectivity index (χ1) is 11.8. The van der Waals surface area contributed by atoms with Crippen LogP contribution in [0.5, 0.6) is 0 Å². The Balaban J connectivity index is 2.26. The van der Waals surface area contributed by atoms with Gasteiger partial charge in [-0.1, -0.05) is 6.07 Å². The van der Waals surface area contributed by atoms with Gasteiger partial charge in [0, 0.05) is 19.0 Å². The molecule has 0 unspecified atom stereocenters. The van der Waals surface area contributed by atoms with Crippen molar-refractivity contribution in [3.05, 3.63) is 35.4 Å². The second-order valence-electron chi connectivity index (χ2n) is 6.03. The minimum atomic E-state index is -1.21. The Hall–Kier alpha value is -2.51. The number of carbonyl (C=O) groups is 3. The number of benzene rings is 1. The van der Waals surface area contributed by atoms with Gasteiger partial charge in [-0.3, -0.25) is 9.59 Å². The number of amides is 2. The van der Waals surface area contributed by atoms with E-state index in [4.69, 9.17) is 0 Å². The highest BCUT2D eigenvalue weighted by molar-refractivity contribution is 5.85. The molecule has 0 bridgehead atoms. The van der Waals surface area contributed by atoms with Crippen LogP contribution >= 0.6 is 0 Å². The van der Waals surface area contributed by atoms with Gasteiger partial charge in [0.1, 0.15) is 17.7 Å². The van der Waals surface area contributed by atoms with Crippen LogP contribution < -0.4 is 5.32 Å². The zero-order valence-corrected chi connectivity index (χ0v) is 13.8. The second-order valence-corrected chi connectivity index (χ2v) is 6.03. The number of carboxylic acid groups (broad SMARTS) is 1. The lowest BCUT2D eigenvalue weighted by atomic mass is 9.98. The molecular weight excluding hydrogens is 334 g/mol. The standard InChI is InChI=1S/C17H20F2N2O4/c1-10(22)20-13(16-11(18)5-4-6-12(16)19)9-15(23)21-8-3-2-7-14(21)17(24)25/h4-6,13-14H,2-3,7-9H2,1H3,(H,20,22)(H,24,25)/t13-,14+/m1/s1. The Kier molecular flexibility index (Phi) is 6.06. The summed E-state index contributed by atoms with van der Waals surface area (Å²) in [5.74, 6) is -3.97. The number of aliphatic carboxylic acids is 1. The molecule has 1 aromatic rings. The van der Waals surface area contributed by atoms with Gasteiger partial charge in [-0.15, -0.1) is 0 Å². The van der Waals surface area contributed by atoms with Crippen molar-refractivity contribution in [3.8, 4) is 0 Å². The molecule has 1 aliphatic rings. The molecule has 136 valence electrons. The van der Waals surface area contributed by atoms with E-state index in [2.05, 4.69) is 5.32 Å². The third-order valence-electron chi connectivity index (χ3n) is 4.21. The predicted molar refractivity (Wildman–Crippen MR) is 84.5 cm³/mol. The average Bonchev–Trinajstić information content (AvgIpc) is 2.53. The summed E-state index contributed by atoms with van der Waals surface area (Å²) in [6.07, 6.45) is 1.27. The van der Waals surface area contributed by atoms with Crippen LogP contribution in [0.2, 0.25) is 0 Å². The summed E-state index contributed by atoms with van der Waals surface area (Å²) in [7, 11) is 0. The zero-order chi connectivity index (χ0) is 18.6. The smallest absolute Gasteiger partial charge is 0.326 e. The van der Waals surface area contributed by atoms with Crippen LogP contribution in [-0.4, -0.2) is 40.4 Å². The summed E-state index contributed by atoms with van der Waals surface area (Å²) in [6, 6.07) is 1.11. The molecule has 0 radical (unpaired) electrons. The van der Waals surface area contributed by atoms with Crippen LogP contribution in [-0.2, 0) is 14.4 Å². The highest BCUT2D eigenvalue weighted by Crippen LogP contribution is 2.26. The van der Waals surface area contributed by atoms with Crippen molar-refractivity contribution in [1.82, 2.24) is 10.2 Å². The quantitative estimate of drug-likeness (QED) is 0.847. The average molecular weight is 354 g/mol. The largest absolute Gasteiger partial charge is 0.480 e. The van der Waals surface area contributed by atoms with Crippen molar-refractivity contribution in [1.29, 1.82) is 0 Å². The van der Waals surface area contributed by atoms with Gasteiger partial charge in [0.05, 0.1) is 12.5 Å². The molecule has 1 heterocycles. The summed E-state index contributed by atoms with van der Waals surface area (Å²) < 4.78 is 28.1. The first-order valence-electron chi connectivity index (χ1n) is 8.04. The van der Waals surface area contributed by atoms with Crippen molar-refractivity contribution in [3.63, 3.8) is 0 Å². The van der Waals surface area contributed by atoms with E-state index in [-0.39, 0.29) is 6.54 Å². The molecule has 0 aliphatic carbocycles. The minimum Gasteiger partial charge on any atom is -0.480 e. The van der Waals surface area contributed by atoms with Crippen molar-refractivity contribution in [2.24, 2.45) is 0 Å². The van der Waals surface area contributed by atoms with Crippen LogP contribution in [0.15, 0.2) is 18.2 Å². The van der Waals surface area contributed by atoms with Crippen LogP contribution in [0.3, 0.4) is 0 Å². The van der Waals surface area contributed by atoms with Crippen molar-refractivity contribution < 1.29 is 28.3 Å². The summed E-state index contributed by atoms with van der Waals surface area (Å²) in [5, 5.41) is 11.6. The Labute approximate surface area is 143 Å². The second kappa shape index (κ2) is 8.04. The van der Waals surface area contributed by atoms with Crippen LogP contribution in [0.25, 0.3) is 0 Å². The Morgan fingerprint density at radius 2 is 1.92 bits per heavy atom. The van der Waals surface area contributed by atoms with E-state index < -0.39 is 53.5 Å². The number of nitrogens with zero attached hydrogens (tertiary/aromatic N) is 1. The molecule has 0 spiro atoms. The van der Waals surface area contributed by atoms with Gasteiger partial charge in [0.15, 0.2) is 0 Å². The zero-order valence-electron chi connectivity index (χ0n) is 13.8. The van der Waals surface area contributed by atoms with E-state index >= 15 is 0 Å². The molecule has 6 nitrogen and oxygen atoms in total. The van der Waals surface area contributed by atoms with Crippen LogP contribution in [0.4, 0.5) is 8.78 Å². The maximum absolute atomic E-state index is 14.0. The van der Waals surface area contributed by atoms with Gasteiger partial charge in [0.25, 0.3) is 0 Å². The highest BCUT2D eigenvalue weighted by Gasteiger charge is 2.34. The fourth-order valence-corrected chi connectivity index (χ4v) is 3.09. The van der Waals surface area contributed by atoms with Gasteiger partial charge >= 0.3 is 5.97 Å². The van der Waals surface area contributed by atoms with Gasteiger partial charge < -0.3 is 15.3 Å². The predicted octanol–water partition coefficient (Wildman–Crippen LogP) is 2.00. The molecule has 1 saturated heterocycles. The fraction of sp³-hybridized carbons (Fsp3) is 0.471. The van der Waals surface area contributed by atoms with Crippen LogP contribution in [0.1, 0.15) is 44.2 Å². The lowest BCUT2D eigenvalue weighted by molar-refractivity contribution is -0.152. The number of hydrogen-bond donors (Lipinski definition) is 2. The lowest BCUT2D eigenvalue weighted by Gasteiger charge is -2.34. The summed E-state index contributed by atoms with van der Waals surface area (Å²) >= 11 is 0. The van der Waals surface area contributed by atoms with E-state index in [0.717, 1.165) is 12.1 Å². The maximum atomic E-state index is 14.0. The first kappa shape index (κ1) is 18.8. The Bertz CT molecular complexity index is 660. The molecule has 0 saturated carbocycles. The number of carboxylic acids is 1. The van der Waals surface area contributed by atoms with Crippen LogP contribution in [0, 0.1) is 11.6 Å². The third-order valence-corrected chi connectivity index (χ3v) is 4.21. The number of likely N-dealkylation sites (tertiary alicyclic amines) is 1. The number of carbonyl (C=O) groups excluding carboxylic acids is 2. The molecule has 2 N–H and O–H groups in total. The number of halogens is 2. The first-order valence-corrected chi connectivity index (χ1v) is 8.04. The molecule has 2 amide bonds. The SMILES string of the molecule is CC(=O)N[C@H](CC(=O)N1CCCC[C@H]1C(=O)O)c1c(F)cccc1F. The lowest BCUT2D eigenvalue weighted by Crippen LogP contribution is -2.49. The molecule has 0 aromatic heterocycles. The summed E-state index contributed by atoms with van der Waals surface area (Å²) in [5.41, 5.74) is -0.407. The monoisotopic (exact) mass is 354 g/mol. The number of rotatable bonds is 5. The highest BCUT2D eigenvalue weighted by atomic mass is 19.1. The Morgan fingerprint density at radius 3 is 2.48 bits per heavy atom. The van der Waals surface area contributed by atoms with Gasteiger partial charge in [0.2, 0.25) is 11.8 Å². The molecule has 2 rings (SSSR count). The molecule has 8 heteroatoms. The van der Waals surface area contributed by atoms with Crippen molar-refractivity contribution in [2.45, 2.75) is 44.7 Å². The van der Waals surface area contributed by atoms with Crippen molar-refractivity contribution >= 4 is 17.8 Å². The molecule has 1 aromatic carbocycles. The fourth-order valence-electron chi connectivity index (χ4n) is 3.09. The third kappa shape index (κ3) is 4.52. The number of hydrogen-bond acceptors (Lipinski definition) is 3. The minimum absolute atomic E-state index is 0.266. The maximum Gasteiger partial charge on any atom is 0.326 e.